The van der Waals surface area contributed by atoms with Gasteiger partial charge in [0.25, 0.3) is 0 Å². The average Bonchev–Trinajstić information content (AvgIpc) is 2.38. The molecule has 0 aromatic heterocycles. The van der Waals surface area contributed by atoms with Crippen molar-refractivity contribution in [3.05, 3.63) is 24.3 Å². The van der Waals surface area contributed by atoms with E-state index in [0.717, 1.165) is 24.7 Å². The highest BCUT2D eigenvalue weighted by Gasteiger charge is 2.13. The molecule has 1 unspecified atom stereocenters. The summed E-state index contributed by atoms with van der Waals surface area (Å²) in [7, 11) is 1.67. The van der Waals surface area contributed by atoms with Crippen molar-refractivity contribution in [2.24, 2.45) is 0 Å². The fourth-order valence-corrected chi connectivity index (χ4v) is 2.57. The van der Waals surface area contributed by atoms with Gasteiger partial charge in [0.2, 0.25) is 0 Å². The highest BCUT2D eigenvalue weighted by molar-refractivity contribution is 7.99. The van der Waals surface area contributed by atoms with Gasteiger partial charge in [0, 0.05) is 0 Å². The Balaban J connectivity index is 1.79. The monoisotopic (exact) mass is 239 g/mol. The highest BCUT2D eigenvalue weighted by atomic mass is 32.2. The Morgan fingerprint density at radius 3 is 2.69 bits per heavy atom. The van der Waals surface area contributed by atoms with Gasteiger partial charge in [0.1, 0.15) is 18.1 Å². The van der Waals surface area contributed by atoms with Crippen LogP contribution < -0.4 is 14.8 Å². The molecule has 3 nitrogen and oxygen atoms in total. The van der Waals surface area contributed by atoms with Crippen molar-refractivity contribution in [3.8, 4) is 11.5 Å². The molecule has 1 aliphatic heterocycles. The topological polar surface area (TPSA) is 30.5 Å². The summed E-state index contributed by atoms with van der Waals surface area (Å²) >= 11 is 1.93. The fourth-order valence-electron chi connectivity index (χ4n) is 1.57. The van der Waals surface area contributed by atoms with Crippen molar-refractivity contribution in [2.75, 3.05) is 26.0 Å². The summed E-state index contributed by atoms with van der Waals surface area (Å²) in [6.45, 7) is 1.82. The molecule has 1 atom stereocenters. The normalized spacial score (nSPS) is 20.4. The van der Waals surface area contributed by atoms with Crippen molar-refractivity contribution >= 4 is 11.8 Å². The summed E-state index contributed by atoms with van der Waals surface area (Å²) < 4.78 is 10.8. The fraction of sp³-hybridized carbons (Fsp3) is 0.500. The zero-order chi connectivity index (χ0) is 11.2. The highest BCUT2D eigenvalue weighted by Crippen LogP contribution is 2.19. The van der Waals surface area contributed by atoms with Crippen LogP contribution in [-0.4, -0.2) is 31.4 Å². The van der Waals surface area contributed by atoms with Gasteiger partial charge in [-0.05, 0) is 43.0 Å². The Morgan fingerprint density at radius 1 is 1.31 bits per heavy atom. The van der Waals surface area contributed by atoms with Crippen molar-refractivity contribution in [1.82, 2.24) is 5.32 Å². The van der Waals surface area contributed by atoms with Crippen LogP contribution in [-0.2, 0) is 0 Å². The smallest absolute Gasteiger partial charge is 0.119 e. The lowest BCUT2D eigenvalue weighted by atomic mass is 10.3. The summed E-state index contributed by atoms with van der Waals surface area (Å²) in [5.74, 6) is 2.98. The SMILES string of the molecule is COc1ccc(OCC2NCCCS2)cc1. The number of rotatable bonds is 4. The predicted molar refractivity (Wildman–Crippen MR) is 67.4 cm³/mol. The lowest BCUT2D eigenvalue weighted by Crippen LogP contribution is -2.36. The summed E-state index contributed by atoms with van der Waals surface area (Å²) in [6.07, 6.45) is 1.25. The molecule has 0 aliphatic carbocycles. The molecule has 1 saturated heterocycles. The summed E-state index contributed by atoms with van der Waals surface area (Å²) in [5.41, 5.74) is 0. The molecule has 1 heterocycles. The van der Waals surface area contributed by atoms with Gasteiger partial charge in [-0.1, -0.05) is 0 Å². The number of ether oxygens (including phenoxy) is 2. The first kappa shape index (κ1) is 11.6. The molecule has 0 saturated carbocycles. The lowest BCUT2D eigenvalue weighted by molar-refractivity contribution is 0.299. The first-order valence-electron chi connectivity index (χ1n) is 5.50. The summed E-state index contributed by atoms with van der Waals surface area (Å²) in [4.78, 5) is 0. The molecule has 16 heavy (non-hydrogen) atoms. The number of benzene rings is 1. The molecule has 4 heteroatoms. The maximum atomic E-state index is 5.71. The Bertz CT molecular complexity index is 309. The third kappa shape index (κ3) is 3.32. The Morgan fingerprint density at radius 2 is 2.06 bits per heavy atom. The first-order valence-corrected chi connectivity index (χ1v) is 6.55. The van der Waals surface area contributed by atoms with Crippen molar-refractivity contribution in [1.29, 1.82) is 0 Å². The van der Waals surface area contributed by atoms with E-state index in [4.69, 9.17) is 9.47 Å². The van der Waals surface area contributed by atoms with E-state index in [0.29, 0.717) is 5.37 Å². The van der Waals surface area contributed by atoms with Gasteiger partial charge < -0.3 is 14.8 Å². The van der Waals surface area contributed by atoms with Gasteiger partial charge >= 0.3 is 0 Å². The minimum Gasteiger partial charge on any atom is -0.497 e. The molecule has 88 valence electrons. The maximum absolute atomic E-state index is 5.71. The number of hydrogen-bond donors (Lipinski definition) is 1. The molecular weight excluding hydrogens is 222 g/mol. The van der Waals surface area contributed by atoms with Gasteiger partial charge in [-0.15, -0.1) is 11.8 Å². The van der Waals surface area contributed by atoms with Gasteiger partial charge in [-0.3, -0.25) is 0 Å². The predicted octanol–water partition coefficient (Wildman–Crippen LogP) is 2.13. The summed E-state index contributed by atoms with van der Waals surface area (Å²) in [5, 5.41) is 3.85. The third-order valence-corrected chi connectivity index (χ3v) is 3.70. The average molecular weight is 239 g/mol. The Labute approximate surface area is 101 Å². The molecule has 1 aromatic carbocycles. The largest absolute Gasteiger partial charge is 0.497 e. The zero-order valence-corrected chi connectivity index (χ0v) is 10.3. The van der Waals surface area contributed by atoms with Crippen LogP contribution in [0.15, 0.2) is 24.3 Å². The van der Waals surface area contributed by atoms with Gasteiger partial charge in [-0.2, -0.15) is 0 Å². The second-order valence-corrected chi connectivity index (χ2v) is 4.96. The summed E-state index contributed by atoms with van der Waals surface area (Å²) in [6, 6.07) is 7.70. The minimum atomic E-state index is 0.427. The molecule has 0 amide bonds. The van der Waals surface area contributed by atoms with E-state index in [9.17, 15) is 0 Å². The van der Waals surface area contributed by atoms with Gasteiger partial charge in [-0.25, -0.2) is 0 Å². The lowest BCUT2D eigenvalue weighted by Gasteiger charge is -2.23. The minimum absolute atomic E-state index is 0.427. The third-order valence-electron chi connectivity index (χ3n) is 2.47. The van der Waals surface area contributed by atoms with Crippen molar-refractivity contribution in [2.45, 2.75) is 11.8 Å². The molecule has 0 radical (unpaired) electrons. The van der Waals surface area contributed by atoms with Crippen LogP contribution in [0.5, 0.6) is 11.5 Å². The van der Waals surface area contributed by atoms with E-state index >= 15 is 0 Å². The van der Waals surface area contributed by atoms with Crippen molar-refractivity contribution in [3.63, 3.8) is 0 Å². The van der Waals surface area contributed by atoms with Gasteiger partial charge in [0.05, 0.1) is 12.5 Å². The van der Waals surface area contributed by atoms with E-state index in [1.165, 1.54) is 12.2 Å². The Kier molecular flexibility index (Phi) is 4.36. The number of methoxy groups -OCH3 is 1. The van der Waals surface area contributed by atoms with Crippen molar-refractivity contribution < 1.29 is 9.47 Å². The first-order chi connectivity index (χ1) is 7.88. The molecule has 0 spiro atoms. The van der Waals surface area contributed by atoms with E-state index in [1.807, 2.05) is 36.0 Å². The molecule has 2 rings (SSSR count). The van der Waals surface area contributed by atoms with E-state index in [-0.39, 0.29) is 0 Å². The van der Waals surface area contributed by atoms with Crippen LogP contribution in [0.1, 0.15) is 6.42 Å². The second kappa shape index (κ2) is 6.01. The molecule has 1 N–H and O–H groups in total. The molecule has 1 aliphatic rings. The standard InChI is InChI=1S/C12H17NO2S/c1-14-10-3-5-11(6-4-10)15-9-12-13-7-2-8-16-12/h3-6,12-13H,2,7-9H2,1H3. The molecule has 0 bridgehead atoms. The van der Waals surface area contributed by atoms with E-state index in [2.05, 4.69) is 5.32 Å². The quantitative estimate of drug-likeness (QED) is 0.872. The molecule has 1 fully saturated rings. The number of thioether (sulfide) groups is 1. The Hall–Kier alpha value is -0.870. The van der Waals surface area contributed by atoms with E-state index < -0.39 is 0 Å². The zero-order valence-electron chi connectivity index (χ0n) is 9.44. The number of hydrogen-bond acceptors (Lipinski definition) is 4. The number of nitrogens with one attached hydrogen (secondary N) is 1. The second-order valence-electron chi connectivity index (χ2n) is 3.65. The van der Waals surface area contributed by atoms with Crippen LogP contribution in [0, 0.1) is 0 Å². The van der Waals surface area contributed by atoms with E-state index in [1.54, 1.807) is 7.11 Å². The van der Waals surface area contributed by atoms with Crippen LogP contribution in [0.2, 0.25) is 0 Å². The van der Waals surface area contributed by atoms with Crippen LogP contribution in [0.4, 0.5) is 0 Å². The van der Waals surface area contributed by atoms with Gasteiger partial charge in [0.15, 0.2) is 0 Å². The van der Waals surface area contributed by atoms with Crippen LogP contribution in [0.25, 0.3) is 0 Å². The maximum Gasteiger partial charge on any atom is 0.119 e. The molecule has 1 aromatic rings. The van der Waals surface area contributed by atoms with Crippen LogP contribution >= 0.6 is 11.8 Å². The van der Waals surface area contributed by atoms with Crippen LogP contribution in [0.3, 0.4) is 0 Å². The molecular formula is C12H17NO2S.